The Morgan fingerprint density at radius 1 is 0.681 bits per heavy atom. The Morgan fingerprint density at radius 2 is 1.09 bits per heavy atom. The summed E-state index contributed by atoms with van der Waals surface area (Å²) >= 11 is 11.9. The zero-order valence-corrected chi connectivity index (χ0v) is 27.9. The number of hydrogen-bond donors (Lipinski definition) is 3. The van der Waals surface area contributed by atoms with E-state index >= 15 is 0 Å². The van der Waals surface area contributed by atoms with E-state index in [1.807, 2.05) is 6.07 Å². The molecule has 3 N–H and O–H groups in total. The third-order valence-electron chi connectivity index (χ3n) is 7.10. The van der Waals surface area contributed by atoms with Crippen LogP contribution < -0.4 is 0 Å². The Morgan fingerprint density at radius 3 is 1.43 bits per heavy atom. The number of Topliss-reactive ketones (excluding diaryl/α,β-unsaturated/α-hetero) is 2. The minimum Gasteiger partial charge on any atom is -0.506 e. The van der Waals surface area contributed by atoms with Gasteiger partial charge in [0.1, 0.15) is 22.9 Å². The molecule has 0 saturated carbocycles. The summed E-state index contributed by atoms with van der Waals surface area (Å²) in [6, 6.07) is 17.0. The number of halogens is 2. The first kappa shape index (κ1) is 36.7. The summed E-state index contributed by atoms with van der Waals surface area (Å²) < 4.78 is 4.68. The largest absolute Gasteiger partial charge is 0.506 e. The van der Waals surface area contributed by atoms with Crippen molar-refractivity contribution in [2.24, 2.45) is 10.8 Å². The molecule has 0 spiro atoms. The summed E-state index contributed by atoms with van der Waals surface area (Å²) in [5.74, 6) is -3.05. The topological polar surface area (TPSA) is 164 Å². The molecule has 0 radical (unpaired) electrons. The molecule has 47 heavy (non-hydrogen) atoms. The molecule has 0 amide bonds. The number of ketones is 2. The monoisotopic (exact) mass is 680 g/mol. The lowest BCUT2D eigenvalue weighted by atomic mass is 9.86. The smallest absolute Gasteiger partial charge is 0.311 e. The van der Waals surface area contributed by atoms with Crippen LogP contribution in [0.4, 0.5) is 0 Å². The van der Waals surface area contributed by atoms with Gasteiger partial charge in [0, 0.05) is 46.4 Å². The molecule has 2 aromatic carbocycles. The molecular weight excluding hydrogens is 647 g/mol. The van der Waals surface area contributed by atoms with Crippen LogP contribution in [0.2, 0.25) is 10.0 Å². The summed E-state index contributed by atoms with van der Waals surface area (Å²) in [4.78, 5) is 55.4. The van der Waals surface area contributed by atoms with Crippen LogP contribution in [0.1, 0.15) is 61.5 Å². The third-order valence-corrected chi connectivity index (χ3v) is 7.57. The second-order valence-corrected chi connectivity index (χ2v) is 12.8. The van der Waals surface area contributed by atoms with Gasteiger partial charge in [0.25, 0.3) is 0 Å². The van der Waals surface area contributed by atoms with E-state index < -0.39 is 34.3 Å². The number of hydrogen-bond acceptors (Lipinski definition) is 9. The Labute approximate surface area is 282 Å². The number of aliphatic carboxylic acids is 1. The highest BCUT2D eigenvalue weighted by Gasteiger charge is 2.33. The third kappa shape index (κ3) is 9.60. The van der Waals surface area contributed by atoms with Crippen LogP contribution in [0.3, 0.4) is 0 Å². The van der Waals surface area contributed by atoms with Gasteiger partial charge in [0.05, 0.1) is 17.9 Å². The fourth-order valence-electron chi connectivity index (χ4n) is 4.38. The van der Waals surface area contributed by atoms with Crippen LogP contribution in [0.15, 0.2) is 73.1 Å². The van der Waals surface area contributed by atoms with Gasteiger partial charge >= 0.3 is 11.9 Å². The van der Waals surface area contributed by atoms with Gasteiger partial charge in [-0.05, 0) is 75.2 Å². The van der Waals surface area contributed by atoms with Gasteiger partial charge in [-0.1, -0.05) is 47.5 Å². The molecular formula is C35H34Cl2N2O8. The molecule has 4 aromatic rings. The number of esters is 1. The zero-order chi connectivity index (χ0) is 35.1. The maximum atomic E-state index is 12.4. The lowest BCUT2D eigenvalue weighted by Gasteiger charge is -2.20. The van der Waals surface area contributed by atoms with E-state index in [0.29, 0.717) is 21.2 Å². The molecule has 0 unspecified atom stereocenters. The quantitative estimate of drug-likeness (QED) is 0.112. The molecule has 0 aliphatic heterocycles. The van der Waals surface area contributed by atoms with Crippen molar-refractivity contribution in [1.29, 1.82) is 0 Å². The van der Waals surface area contributed by atoms with Crippen molar-refractivity contribution in [3.8, 4) is 33.8 Å². The van der Waals surface area contributed by atoms with Crippen LogP contribution in [-0.4, -0.2) is 55.9 Å². The number of nitrogens with zero attached hydrogens (tertiary/aromatic N) is 2. The Bertz CT molecular complexity index is 1820. The van der Waals surface area contributed by atoms with E-state index in [4.69, 9.17) is 28.3 Å². The summed E-state index contributed by atoms with van der Waals surface area (Å²) in [7, 11) is 1.27. The number of ether oxygens (including phenoxy) is 1. The van der Waals surface area contributed by atoms with Crippen molar-refractivity contribution in [1.82, 2.24) is 9.97 Å². The molecule has 2 aromatic heterocycles. The molecule has 0 fully saturated rings. The van der Waals surface area contributed by atoms with Crippen molar-refractivity contribution in [2.45, 2.75) is 40.5 Å². The SMILES string of the molecule is CC(C)(CC(=O)c1ncc(-c2cccc(Cl)c2)cc1O)C(=O)O.COC(=O)C(C)(C)CC(=O)c1ncc(-c2cccc(Cl)c2)cc1O. The first-order valence-corrected chi connectivity index (χ1v) is 15.0. The maximum absolute atomic E-state index is 12.4. The predicted molar refractivity (Wildman–Crippen MR) is 178 cm³/mol. The molecule has 246 valence electrons. The van der Waals surface area contributed by atoms with Crippen molar-refractivity contribution in [3.63, 3.8) is 0 Å². The lowest BCUT2D eigenvalue weighted by molar-refractivity contribution is -0.150. The fourth-order valence-corrected chi connectivity index (χ4v) is 4.76. The number of carbonyl (C=O) groups excluding carboxylic acids is 3. The normalized spacial score (nSPS) is 11.2. The van der Waals surface area contributed by atoms with Crippen LogP contribution in [0, 0.1) is 10.8 Å². The standard InChI is InChI=1S/C18H18ClNO4.C17H16ClNO4/c1-18(2,17(23)24-3)9-15(22)16-14(21)8-12(10-20-16)11-5-4-6-13(19)7-11;1-17(2,16(22)23)8-14(21)15-13(20)7-11(9-19-15)10-4-3-5-12(18)6-10/h4-8,10,21H,9H2,1-3H3;3-7,9,20H,8H2,1-2H3,(H,22,23). The van der Waals surface area contributed by atoms with Gasteiger partial charge in [0.2, 0.25) is 0 Å². The Kier molecular flexibility index (Phi) is 11.9. The molecule has 0 saturated heterocycles. The first-order chi connectivity index (χ1) is 21.9. The van der Waals surface area contributed by atoms with E-state index in [1.54, 1.807) is 56.3 Å². The molecule has 0 atom stereocenters. The number of carbonyl (C=O) groups is 4. The minimum atomic E-state index is -1.23. The molecule has 4 rings (SSSR count). The van der Waals surface area contributed by atoms with Crippen molar-refractivity contribution in [3.05, 3.63) is 94.5 Å². The summed E-state index contributed by atoms with van der Waals surface area (Å²) in [6.07, 6.45) is 2.58. The number of aromatic hydroxyl groups is 2. The number of pyridine rings is 2. The molecule has 0 aliphatic rings. The zero-order valence-electron chi connectivity index (χ0n) is 26.4. The summed E-state index contributed by atoms with van der Waals surface area (Å²) in [5.41, 5.74) is 0.354. The van der Waals surface area contributed by atoms with E-state index in [2.05, 4.69) is 14.7 Å². The van der Waals surface area contributed by atoms with E-state index in [1.165, 1.54) is 45.5 Å². The second kappa shape index (κ2) is 15.2. The number of carboxylic acid groups (broad SMARTS) is 1. The Balaban J connectivity index is 0.000000256. The number of carboxylic acids is 1. The lowest BCUT2D eigenvalue weighted by Crippen LogP contribution is -2.28. The number of rotatable bonds is 10. The maximum Gasteiger partial charge on any atom is 0.311 e. The number of methoxy groups -OCH3 is 1. The highest BCUT2D eigenvalue weighted by molar-refractivity contribution is 6.31. The minimum absolute atomic E-state index is 0.0715. The van der Waals surface area contributed by atoms with Crippen LogP contribution in [0.25, 0.3) is 22.3 Å². The van der Waals surface area contributed by atoms with E-state index in [9.17, 15) is 29.4 Å². The highest BCUT2D eigenvalue weighted by Crippen LogP contribution is 2.31. The van der Waals surface area contributed by atoms with Crippen molar-refractivity contribution in [2.75, 3.05) is 7.11 Å². The van der Waals surface area contributed by atoms with Crippen LogP contribution >= 0.6 is 23.2 Å². The fraction of sp³-hybridized carbons (Fsp3) is 0.257. The van der Waals surface area contributed by atoms with Gasteiger partial charge in [0.15, 0.2) is 11.6 Å². The van der Waals surface area contributed by atoms with E-state index in [-0.39, 0.29) is 35.7 Å². The van der Waals surface area contributed by atoms with Crippen molar-refractivity contribution >= 4 is 46.7 Å². The molecule has 12 heteroatoms. The average molecular weight is 682 g/mol. The highest BCUT2D eigenvalue weighted by atomic mass is 35.5. The second-order valence-electron chi connectivity index (χ2n) is 12.0. The van der Waals surface area contributed by atoms with Gasteiger partial charge in [-0.2, -0.15) is 0 Å². The van der Waals surface area contributed by atoms with Gasteiger partial charge < -0.3 is 20.1 Å². The average Bonchev–Trinajstić information content (AvgIpc) is 3.00. The molecule has 2 heterocycles. The predicted octanol–water partition coefficient (Wildman–Crippen LogP) is 7.67. The molecule has 10 nitrogen and oxygen atoms in total. The van der Waals surface area contributed by atoms with Crippen LogP contribution in [-0.2, 0) is 14.3 Å². The molecule has 0 aliphatic carbocycles. The summed E-state index contributed by atoms with van der Waals surface area (Å²) in [6.45, 7) is 6.11. The first-order valence-electron chi connectivity index (χ1n) is 14.2. The number of benzene rings is 2. The van der Waals surface area contributed by atoms with Gasteiger partial charge in [-0.15, -0.1) is 0 Å². The number of aromatic nitrogens is 2. The van der Waals surface area contributed by atoms with Gasteiger partial charge in [-0.25, -0.2) is 9.97 Å². The van der Waals surface area contributed by atoms with Gasteiger partial charge in [-0.3, -0.25) is 19.2 Å². The van der Waals surface area contributed by atoms with Crippen molar-refractivity contribution < 1.29 is 39.2 Å². The van der Waals surface area contributed by atoms with Crippen LogP contribution in [0.5, 0.6) is 11.5 Å². The summed E-state index contributed by atoms with van der Waals surface area (Å²) in [5, 5.41) is 30.4. The molecule has 0 bridgehead atoms. The Hall–Kier alpha value is -4.80. The van der Waals surface area contributed by atoms with E-state index in [0.717, 1.165) is 11.1 Å².